The maximum atomic E-state index is 12.8. The number of amides is 1. The van der Waals surface area contributed by atoms with Gasteiger partial charge in [0, 0.05) is 36.3 Å². The molecule has 1 aliphatic heterocycles. The SMILES string of the molecule is COc1ccc(CN2CCC[C@H]([C@H](NC(=O)C(C)(C)C)c3ccccn3)C2)c(OC)c1. The Bertz CT molecular complexity index is 864. The van der Waals surface area contributed by atoms with Crippen molar-refractivity contribution in [2.24, 2.45) is 11.3 Å². The highest BCUT2D eigenvalue weighted by Crippen LogP contribution is 2.32. The molecule has 0 saturated carbocycles. The van der Waals surface area contributed by atoms with Gasteiger partial charge in [0.2, 0.25) is 5.91 Å². The van der Waals surface area contributed by atoms with Crippen LogP contribution in [0.5, 0.6) is 11.5 Å². The standard InChI is InChI=1S/C25H35N3O3/c1-25(2,3)24(29)27-23(21-10-6-7-13-26-21)19-9-8-14-28(17-19)16-18-11-12-20(30-4)15-22(18)31-5/h6-7,10-13,15,19,23H,8-9,14,16-17H2,1-5H3,(H,27,29)/t19-,23-/m0/s1. The lowest BCUT2D eigenvalue weighted by Crippen LogP contribution is -2.45. The minimum absolute atomic E-state index is 0.0529. The molecule has 0 radical (unpaired) electrons. The molecule has 168 valence electrons. The van der Waals surface area contributed by atoms with E-state index in [-0.39, 0.29) is 11.9 Å². The Morgan fingerprint density at radius 2 is 2.03 bits per heavy atom. The van der Waals surface area contributed by atoms with Crippen LogP contribution in [-0.4, -0.2) is 43.1 Å². The number of nitrogens with zero attached hydrogens (tertiary/aromatic N) is 2. The zero-order valence-electron chi connectivity index (χ0n) is 19.4. The molecule has 1 fully saturated rings. The second kappa shape index (κ2) is 10.1. The molecule has 1 aliphatic rings. The molecule has 1 aromatic carbocycles. The first-order valence-corrected chi connectivity index (χ1v) is 11.0. The molecule has 31 heavy (non-hydrogen) atoms. The van der Waals surface area contributed by atoms with Gasteiger partial charge >= 0.3 is 0 Å². The summed E-state index contributed by atoms with van der Waals surface area (Å²) in [6, 6.07) is 11.8. The van der Waals surface area contributed by atoms with Crippen molar-refractivity contribution in [2.75, 3.05) is 27.3 Å². The zero-order chi connectivity index (χ0) is 22.4. The molecule has 2 aromatic rings. The number of benzene rings is 1. The number of piperidine rings is 1. The molecular weight excluding hydrogens is 390 g/mol. The Hall–Kier alpha value is -2.60. The van der Waals surface area contributed by atoms with Crippen LogP contribution in [0.25, 0.3) is 0 Å². The first-order chi connectivity index (χ1) is 14.8. The van der Waals surface area contributed by atoms with E-state index in [1.54, 1.807) is 20.4 Å². The molecule has 0 unspecified atom stereocenters. The third-order valence-corrected chi connectivity index (χ3v) is 5.88. The third kappa shape index (κ3) is 5.97. The summed E-state index contributed by atoms with van der Waals surface area (Å²) in [5.41, 5.74) is 1.61. The Morgan fingerprint density at radius 1 is 1.23 bits per heavy atom. The van der Waals surface area contributed by atoms with Crippen LogP contribution in [0.1, 0.15) is 50.9 Å². The normalized spacial score (nSPS) is 18.3. The maximum Gasteiger partial charge on any atom is 0.225 e. The Kier molecular flexibility index (Phi) is 7.55. The molecule has 1 aromatic heterocycles. The molecule has 1 saturated heterocycles. The monoisotopic (exact) mass is 425 g/mol. The predicted octanol–water partition coefficient (Wildman–Crippen LogP) is 4.21. The van der Waals surface area contributed by atoms with Crippen molar-refractivity contribution in [3.8, 4) is 11.5 Å². The molecule has 6 heteroatoms. The highest BCUT2D eigenvalue weighted by Gasteiger charge is 2.33. The highest BCUT2D eigenvalue weighted by molar-refractivity contribution is 5.81. The van der Waals surface area contributed by atoms with Gasteiger partial charge in [-0.15, -0.1) is 0 Å². The van der Waals surface area contributed by atoms with Crippen molar-refractivity contribution in [1.82, 2.24) is 15.2 Å². The smallest absolute Gasteiger partial charge is 0.225 e. The van der Waals surface area contributed by atoms with E-state index < -0.39 is 5.41 Å². The number of carbonyl (C=O) groups is 1. The fourth-order valence-corrected chi connectivity index (χ4v) is 4.08. The number of methoxy groups -OCH3 is 2. The number of carbonyl (C=O) groups excluding carboxylic acids is 1. The van der Waals surface area contributed by atoms with E-state index in [4.69, 9.17) is 9.47 Å². The van der Waals surface area contributed by atoms with Gasteiger partial charge in [-0.05, 0) is 43.5 Å². The van der Waals surface area contributed by atoms with Gasteiger partial charge in [-0.25, -0.2) is 0 Å². The van der Waals surface area contributed by atoms with Crippen LogP contribution in [0.2, 0.25) is 0 Å². The van der Waals surface area contributed by atoms with Crippen LogP contribution in [-0.2, 0) is 11.3 Å². The number of hydrogen-bond donors (Lipinski definition) is 1. The third-order valence-electron chi connectivity index (χ3n) is 5.88. The summed E-state index contributed by atoms with van der Waals surface area (Å²) in [5, 5.41) is 3.30. The first kappa shape index (κ1) is 23.1. The van der Waals surface area contributed by atoms with E-state index in [9.17, 15) is 4.79 Å². The predicted molar refractivity (Wildman–Crippen MR) is 122 cm³/mol. The number of ether oxygens (including phenoxy) is 2. The molecular formula is C25H35N3O3. The fraction of sp³-hybridized carbons (Fsp3) is 0.520. The molecule has 1 amide bonds. The first-order valence-electron chi connectivity index (χ1n) is 11.0. The second-order valence-corrected chi connectivity index (χ2v) is 9.27. The lowest BCUT2D eigenvalue weighted by Gasteiger charge is -2.38. The largest absolute Gasteiger partial charge is 0.497 e. The molecule has 3 rings (SSSR count). The van der Waals surface area contributed by atoms with Crippen LogP contribution in [0.4, 0.5) is 0 Å². The molecule has 2 atom stereocenters. The van der Waals surface area contributed by atoms with Crippen LogP contribution in [0, 0.1) is 11.3 Å². The van der Waals surface area contributed by atoms with Crippen molar-refractivity contribution in [3.63, 3.8) is 0 Å². The average Bonchev–Trinajstić information content (AvgIpc) is 2.77. The van der Waals surface area contributed by atoms with Crippen LogP contribution >= 0.6 is 0 Å². The quantitative estimate of drug-likeness (QED) is 0.720. The van der Waals surface area contributed by atoms with Crippen LogP contribution in [0.3, 0.4) is 0 Å². The minimum atomic E-state index is -0.447. The molecule has 0 aliphatic carbocycles. The molecule has 6 nitrogen and oxygen atoms in total. The topological polar surface area (TPSA) is 63.7 Å². The van der Waals surface area contributed by atoms with E-state index in [0.29, 0.717) is 5.92 Å². The van der Waals surface area contributed by atoms with Crippen molar-refractivity contribution in [2.45, 2.75) is 46.2 Å². The number of rotatable bonds is 7. The summed E-state index contributed by atoms with van der Waals surface area (Å²) in [4.78, 5) is 19.8. The Labute approximate surface area is 186 Å². The number of hydrogen-bond acceptors (Lipinski definition) is 5. The maximum absolute atomic E-state index is 12.8. The van der Waals surface area contributed by atoms with Gasteiger partial charge in [-0.1, -0.05) is 32.9 Å². The molecule has 0 bridgehead atoms. The minimum Gasteiger partial charge on any atom is -0.497 e. The molecule has 2 heterocycles. The molecule has 1 N–H and O–H groups in total. The van der Waals surface area contributed by atoms with Gasteiger partial charge in [0.25, 0.3) is 0 Å². The zero-order valence-corrected chi connectivity index (χ0v) is 19.4. The lowest BCUT2D eigenvalue weighted by molar-refractivity contribution is -0.130. The van der Waals surface area contributed by atoms with Crippen molar-refractivity contribution >= 4 is 5.91 Å². The number of nitrogens with one attached hydrogen (secondary N) is 1. The van der Waals surface area contributed by atoms with Crippen molar-refractivity contribution in [3.05, 3.63) is 53.9 Å². The van der Waals surface area contributed by atoms with E-state index in [1.165, 1.54) is 0 Å². The Balaban J connectivity index is 1.78. The van der Waals surface area contributed by atoms with Gasteiger partial charge in [-0.2, -0.15) is 0 Å². The Morgan fingerprint density at radius 3 is 2.68 bits per heavy atom. The number of pyridine rings is 1. The number of aromatic nitrogens is 1. The highest BCUT2D eigenvalue weighted by atomic mass is 16.5. The summed E-state index contributed by atoms with van der Waals surface area (Å²) in [6.07, 6.45) is 3.94. The number of likely N-dealkylation sites (tertiary alicyclic amines) is 1. The van der Waals surface area contributed by atoms with E-state index in [2.05, 4.69) is 21.3 Å². The summed E-state index contributed by atoms with van der Waals surface area (Å²) in [6.45, 7) is 8.54. The van der Waals surface area contributed by atoms with Crippen molar-refractivity contribution in [1.29, 1.82) is 0 Å². The summed E-state index contributed by atoms with van der Waals surface area (Å²) in [7, 11) is 3.35. The fourth-order valence-electron chi connectivity index (χ4n) is 4.08. The summed E-state index contributed by atoms with van der Waals surface area (Å²) >= 11 is 0. The molecule has 0 spiro atoms. The summed E-state index contributed by atoms with van der Waals surface area (Å²) in [5.74, 6) is 1.97. The van der Waals surface area contributed by atoms with Crippen LogP contribution in [0.15, 0.2) is 42.6 Å². The van der Waals surface area contributed by atoms with Gasteiger partial charge in [-0.3, -0.25) is 14.7 Å². The van der Waals surface area contributed by atoms with Gasteiger partial charge in [0.15, 0.2) is 0 Å². The van der Waals surface area contributed by atoms with Gasteiger partial charge < -0.3 is 14.8 Å². The second-order valence-electron chi connectivity index (χ2n) is 9.27. The van der Waals surface area contributed by atoms with Crippen LogP contribution < -0.4 is 14.8 Å². The van der Waals surface area contributed by atoms with E-state index in [1.807, 2.05) is 51.1 Å². The average molecular weight is 426 g/mol. The van der Waals surface area contributed by atoms with E-state index in [0.717, 1.165) is 55.2 Å². The summed E-state index contributed by atoms with van der Waals surface area (Å²) < 4.78 is 10.9. The van der Waals surface area contributed by atoms with Crippen molar-refractivity contribution < 1.29 is 14.3 Å². The van der Waals surface area contributed by atoms with Gasteiger partial charge in [0.05, 0.1) is 26.0 Å². The van der Waals surface area contributed by atoms with Gasteiger partial charge in [0.1, 0.15) is 11.5 Å². The van der Waals surface area contributed by atoms with E-state index >= 15 is 0 Å². The lowest BCUT2D eigenvalue weighted by atomic mass is 9.86.